The predicted octanol–water partition coefficient (Wildman–Crippen LogP) is 6.72. The fourth-order valence-corrected chi connectivity index (χ4v) is 3.62. The lowest BCUT2D eigenvalue weighted by molar-refractivity contribution is -0.137. The molecular formula is C24H17F3O3. The highest BCUT2D eigenvalue weighted by atomic mass is 19.4. The molecule has 0 radical (unpaired) electrons. The van der Waals surface area contributed by atoms with Crippen molar-refractivity contribution in [1.29, 1.82) is 0 Å². The highest BCUT2D eigenvalue weighted by Gasteiger charge is 2.30. The molecule has 0 aliphatic heterocycles. The topological polar surface area (TPSA) is 50.4 Å². The summed E-state index contributed by atoms with van der Waals surface area (Å²) in [7, 11) is 0. The van der Waals surface area contributed by atoms with Crippen LogP contribution in [0, 0.1) is 6.92 Å². The lowest BCUT2D eigenvalue weighted by Gasteiger charge is -2.08. The third-order valence-electron chi connectivity index (χ3n) is 5.09. The molecule has 0 aliphatic carbocycles. The van der Waals surface area contributed by atoms with E-state index >= 15 is 0 Å². The first kappa shape index (κ1) is 19.8. The lowest BCUT2D eigenvalue weighted by Crippen LogP contribution is -2.05. The van der Waals surface area contributed by atoms with Crippen molar-refractivity contribution in [3.8, 4) is 11.1 Å². The summed E-state index contributed by atoms with van der Waals surface area (Å²) in [5.41, 5.74) is 2.95. The molecule has 0 atom stereocenters. The minimum atomic E-state index is -4.40. The number of rotatable bonds is 4. The van der Waals surface area contributed by atoms with E-state index in [2.05, 4.69) is 0 Å². The Labute approximate surface area is 170 Å². The van der Waals surface area contributed by atoms with Gasteiger partial charge in [-0.05, 0) is 53.4 Å². The smallest absolute Gasteiger partial charge is 0.416 e. The molecule has 3 nitrogen and oxygen atoms in total. The quantitative estimate of drug-likeness (QED) is 0.406. The van der Waals surface area contributed by atoms with Crippen molar-refractivity contribution in [2.75, 3.05) is 0 Å². The highest BCUT2D eigenvalue weighted by Crippen LogP contribution is 2.36. The average Bonchev–Trinajstić information content (AvgIpc) is 3.03. The Balaban J connectivity index is 1.78. The molecule has 4 rings (SSSR count). The van der Waals surface area contributed by atoms with E-state index in [-0.39, 0.29) is 12.0 Å². The molecular weight excluding hydrogens is 393 g/mol. The molecule has 30 heavy (non-hydrogen) atoms. The molecule has 0 unspecified atom stereocenters. The van der Waals surface area contributed by atoms with Gasteiger partial charge >= 0.3 is 12.1 Å². The normalized spacial score (nSPS) is 11.7. The number of hydrogen-bond acceptors (Lipinski definition) is 2. The van der Waals surface area contributed by atoms with E-state index in [9.17, 15) is 23.1 Å². The van der Waals surface area contributed by atoms with Gasteiger partial charge in [0, 0.05) is 11.8 Å². The Kier molecular flexibility index (Phi) is 4.86. The molecule has 0 saturated heterocycles. The molecule has 4 aromatic rings. The minimum Gasteiger partial charge on any atom is -0.478 e. The Morgan fingerprint density at radius 1 is 1.00 bits per heavy atom. The summed E-state index contributed by atoms with van der Waals surface area (Å²) in [4.78, 5) is 11.3. The highest BCUT2D eigenvalue weighted by molar-refractivity contribution is 5.98. The summed E-state index contributed by atoms with van der Waals surface area (Å²) < 4.78 is 45.0. The Hall–Kier alpha value is -3.54. The molecule has 0 bridgehead atoms. The monoisotopic (exact) mass is 410 g/mol. The maximum atomic E-state index is 13.0. The Morgan fingerprint density at radius 3 is 2.47 bits per heavy atom. The number of benzene rings is 3. The summed E-state index contributed by atoms with van der Waals surface area (Å²) in [6.07, 6.45) is -4.18. The van der Waals surface area contributed by atoms with Crippen LogP contribution in [0.25, 0.3) is 22.1 Å². The number of carboxylic acid groups (broad SMARTS) is 1. The summed E-state index contributed by atoms with van der Waals surface area (Å²) >= 11 is 0. The molecule has 152 valence electrons. The zero-order chi connectivity index (χ0) is 21.5. The summed E-state index contributed by atoms with van der Waals surface area (Å²) in [6.45, 7) is 1.86. The first-order valence-electron chi connectivity index (χ1n) is 9.25. The fourth-order valence-electron chi connectivity index (χ4n) is 3.62. The average molecular weight is 410 g/mol. The van der Waals surface area contributed by atoms with Crippen LogP contribution in [0.4, 0.5) is 13.2 Å². The number of aryl methyl sites for hydroxylation is 1. The number of halogens is 3. The van der Waals surface area contributed by atoms with Crippen molar-refractivity contribution in [2.24, 2.45) is 0 Å². The van der Waals surface area contributed by atoms with Crippen molar-refractivity contribution in [1.82, 2.24) is 0 Å². The number of fused-ring (bicyclic) bond motifs is 1. The van der Waals surface area contributed by atoms with Crippen LogP contribution in [-0.4, -0.2) is 11.1 Å². The van der Waals surface area contributed by atoms with E-state index in [1.165, 1.54) is 12.1 Å². The summed E-state index contributed by atoms with van der Waals surface area (Å²) in [5, 5.41) is 10.1. The second kappa shape index (κ2) is 7.37. The third kappa shape index (κ3) is 3.68. The molecule has 1 N–H and O–H groups in total. The van der Waals surface area contributed by atoms with Crippen LogP contribution in [0.2, 0.25) is 0 Å². The van der Waals surface area contributed by atoms with Crippen molar-refractivity contribution in [3.63, 3.8) is 0 Å². The van der Waals surface area contributed by atoms with Gasteiger partial charge in [0.2, 0.25) is 0 Å². The number of furan rings is 1. The minimum absolute atomic E-state index is 0.176. The van der Waals surface area contributed by atoms with Crippen LogP contribution in [0.3, 0.4) is 0 Å². The van der Waals surface area contributed by atoms with Gasteiger partial charge in [-0.3, -0.25) is 0 Å². The van der Waals surface area contributed by atoms with Gasteiger partial charge in [-0.15, -0.1) is 0 Å². The zero-order valence-corrected chi connectivity index (χ0v) is 16.0. The van der Waals surface area contributed by atoms with Crippen LogP contribution >= 0.6 is 0 Å². The van der Waals surface area contributed by atoms with E-state index in [4.69, 9.17) is 4.42 Å². The molecule has 3 aromatic carbocycles. The molecule has 0 amide bonds. The number of carbonyl (C=O) groups is 1. The van der Waals surface area contributed by atoms with Gasteiger partial charge < -0.3 is 9.52 Å². The van der Waals surface area contributed by atoms with E-state index < -0.39 is 17.7 Å². The lowest BCUT2D eigenvalue weighted by atomic mass is 9.96. The van der Waals surface area contributed by atoms with Crippen molar-refractivity contribution < 1.29 is 27.5 Å². The van der Waals surface area contributed by atoms with Crippen LogP contribution in [0.1, 0.15) is 32.8 Å². The molecule has 1 aromatic heterocycles. The van der Waals surface area contributed by atoms with E-state index in [1.807, 2.05) is 25.1 Å². The van der Waals surface area contributed by atoms with Crippen molar-refractivity contribution in [2.45, 2.75) is 19.5 Å². The number of hydrogen-bond donors (Lipinski definition) is 1. The van der Waals surface area contributed by atoms with Crippen LogP contribution in [0.15, 0.2) is 71.1 Å². The zero-order valence-electron chi connectivity index (χ0n) is 16.0. The Morgan fingerprint density at radius 2 is 1.73 bits per heavy atom. The summed E-state index contributed by atoms with van der Waals surface area (Å²) in [6, 6.07) is 17.3. The molecule has 0 spiro atoms. The van der Waals surface area contributed by atoms with Gasteiger partial charge in [0.25, 0.3) is 0 Å². The second-order valence-corrected chi connectivity index (χ2v) is 7.09. The maximum Gasteiger partial charge on any atom is 0.416 e. The van der Waals surface area contributed by atoms with Gasteiger partial charge in [-0.25, -0.2) is 4.79 Å². The van der Waals surface area contributed by atoms with E-state index in [0.717, 1.165) is 34.2 Å². The molecule has 0 aliphatic rings. The van der Waals surface area contributed by atoms with Gasteiger partial charge in [0.15, 0.2) is 0 Å². The van der Waals surface area contributed by atoms with Gasteiger partial charge in [-0.2, -0.15) is 13.2 Å². The first-order chi connectivity index (χ1) is 14.2. The van der Waals surface area contributed by atoms with Crippen molar-refractivity contribution in [3.05, 3.63) is 94.7 Å². The second-order valence-electron chi connectivity index (χ2n) is 7.09. The molecule has 6 heteroatoms. The Bertz CT molecular complexity index is 1250. The van der Waals surface area contributed by atoms with Crippen LogP contribution in [0.5, 0.6) is 0 Å². The van der Waals surface area contributed by atoms with E-state index in [0.29, 0.717) is 16.9 Å². The van der Waals surface area contributed by atoms with E-state index in [1.54, 1.807) is 24.3 Å². The van der Waals surface area contributed by atoms with Crippen molar-refractivity contribution >= 4 is 16.9 Å². The fraction of sp³-hybridized carbons (Fsp3) is 0.125. The van der Waals surface area contributed by atoms with Gasteiger partial charge in [0.05, 0.1) is 11.1 Å². The first-order valence-corrected chi connectivity index (χ1v) is 9.25. The summed E-state index contributed by atoms with van der Waals surface area (Å²) in [5.74, 6) is -0.440. The number of carboxylic acids is 1. The maximum absolute atomic E-state index is 13.0. The van der Waals surface area contributed by atoms with Gasteiger partial charge in [-0.1, -0.05) is 42.5 Å². The molecule has 0 fully saturated rings. The number of aromatic carboxylic acids is 1. The number of alkyl halides is 3. The SMILES string of the molecule is Cc1c(Cc2cccc(C(F)(F)F)c2)oc2cccc(-c3cccc(C(=O)O)c3)c12. The molecule has 1 heterocycles. The molecule has 0 saturated carbocycles. The predicted molar refractivity (Wildman–Crippen MR) is 108 cm³/mol. The van der Waals surface area contributed by atoms with Crippen LogP contribution in [-0.2, 0) is 12.6 Å². The van der Waals surface area contributed by atoms with Gasteiger partial charge in [0.1, 0.15) is 11.3 Å². The third-order valence-corrected chi connectivity index (χ3v) is 5.09. The van der Waals surface area contributed by atoms with Crippen LogP contribution < -0.4 is 0 Å². The largest absolute Gasteiger partial charge is 0.478 e. The standard InChI is InChI=1S/C24H17F3O3/c1-14-21(12-15-5-2-8-18(11-15)24(25,26)27)30-20-10-4-9-19(22(14)20)16-6-3-7-17(13-16)23(28)29/h2-11,13H,12H2,1H3,(H,28,29).